The third-order valence-corrected chi connectivity index (χ3v) is 5.42. The lowest BCUT2D eigenvalue weighted by atomic mass is 9.92. The van der Waals surface area contributed by atoms with Crippen molar-refractivity contribution >= 4 is 5.97 Å². The van der Waals surface area contributed by atoms with E-state index in [-0.39, 0.29) is 5.56 Å². The van der Waals surface area contributed by atoms with Crippen LogP contribution in [0.5, 0.6) is 0 Å². The minimum atomic E-state index is -0.729. The molecule has 5 nitrogen and oxygen atoms in total. The van der Waals surface area contributed by atoms with Crippen LogP contribution in [0, 0.1) is 12.7 Å². The summed E-state index contributed by atoms with van der Waals surface area (Å²) >= 11 is 0. The summed E-state index contributed by atoms with van der Waals surface area (Å²) in [7, 11) is 2.86. The van der Waals surface area contributed by atoms with Gasteiger partial charge in [0, 0.05) is 24.3 Å². The third kappa shape index (κ3) is 4.05. The van der Waals surface area contributed by atoms with E-state index in [2.05, 4.69) is 28.9 Å². The first-order valence-corrected chi connectivity index (χ1v) is 10.1. The Labute approximate surface area is 185 Å². The van der Waals surface area contributed by atoms with E-state index in [0.29, 0.717) is 23.6 Å². The molecule has 0 N–H and O–H groups in total. The Balaban J connectivity index is 1.73. The monoisotopic (exact) mass is 431 g/mol. The zero-order chi connectivity index (χ0) is 22.7. The van der Waals surface area contributed by atoms with E-state index >= 15 is 0 Å². The third-order valence-electron chi connectivity index (χ3n) is 5.42. The van der Waals surface area contributed by atoms with Gasteiger partial charge in [-0.1, -0.05) is 53.7 Å². The van der Waals surface area contributed by atoms with Gasteiger partial charge in [0.25, 0.3) is 0 Å². The van der Waals surface area contributed by atoms with Crippen LogP contribution >= 0.6 is 0 Å². The molecule has 1 aromatic heterocycles. The standard InChI is InChI=1S/C26H22FNO4/c1-16-19(17-7-5-4-6-8-17)11-12-20(22(16)15-30-2)25-14-24(28-32-25)18-9-10-21(23(27)13-18)26(29)31-3/h4-14H,15H2,1-3H3. The first-order chi connectivity index (χ1) is 15.5. The van der Waals surface area contributed by atoms with E-state index in [1.54, 1.807) is 19.2 Å². The number of nitrogens with zero attached hydrogens (tertiary/aromatic N) is 1. The Kier molecular flexibility index (Phi) is 6.14. The maximum absolute atomic E-state index is 14.4. The van der Waals surface area contributed by atoms with Crippen molar-refractivity contribution in [3.8, 4) is 33.7 Å². The molecule has 6 heteroatoms. The number of hydrogen-bond donors (Lipinski definition) is 0. The quantitative estimate of drug-likeness (QED) is 0.348. The van der Waals surface area contributed by atoms with Gasteiger partial charge in [-0.05, 0) is 41.3 Å². The van der Waals surface area contributed by atoms with Gasteiger partial charge in [0.15, 0.2) is 5.76 Å². The highest BCUT2D eigenvalue weighted by molar-refractivity contribution is 5.90. The highest BCUT2D eigenvalue weighted by Crippen LogP contribution is 2.35. The highest BCUT2D eigenvalue weighted by atomic mass is 19.1. The summed E-state index contributed by atoms with van der Waals surface area (Å²) < 4.78 is 30.0. The number of rotatable bonds is 6. The topological polar surface area (TPSA) is 61.6 Å². The smallest absolute Gasteiger partial charge is 0.340 e. The maximum atomic E-state index is 14.4. The molecule has 162 valence electrons. The van der Waals surface area contributed by atoms with E-state index in [1.807, 2.05) is 30.3 Å². The van der Waals surface area contributed by atoms with Crippen LogP contribution in [-0.4, -0.2) is 25.3 Å². The number of ether oxygens (including phenoxy) is 2. The van der Waals surface area contributed by atoms with Crippen molar-refractivity contribution in [2.24, 2.45) is 0 Å². The van der Waals surface area contributed by atoms with Crippen LogP contribution in [0.2, 0.25) is 0 Å². The molecule has 0 spiro atoms. The SMILES string of the molecule is COCc1c(-c2cc(-c3ccc(C(=O)OC)c(F)c3)no2)ccc(-c2ccccc2)c1C. The molecule has 0 saturated heterocycles. The van der Waals surface area contributed by atoms with Gasteiger partial charge in [0.1, 0.15) is 11.5 Å². The highest BCUT2D eigenvalue weighted by Gasteiger charge is 2.18. The van der Waals surface area contributed by atoms with Crippen LogP contribution in [0.15, 0.2) is 71.3 Å². The van der Waals surface area contributed by atoms with Gasteiger partial charge < -0.3 is 14.0 Å². The second-order valence-corrected chi connectivity index (χ2v) is 7.33. The Hall–Kier alpha value is -3.77. The zero-order valence-corrected chi connectivity index (χ0v) is 18.0. The Morgan fingerprint density at radius 1 is 0.969 bits per heavy atom. The van der Waals surface area contributed by atoms with E-state index in [4.69, 9.17) is 9.26 Å². The largest absolute Gasteiger partial charge is 0.465 e. The van der Waals surface area contributed by atoms with Crippen LogP contribution in [0.4, 0.5) is 4.39 Å². The molecule has 32 heavy (non-hydrogen) atoms. The molecule has 4 aromatic rings. The molecule has 4 rings (SSSR count). The van der Waals surface area contributed by atoms with E-state index in [0.717, 1.165) is 27.8 Å². The van der Waals surface area contributed by atoms with Crippen molar-refractivity contribution in [2.75, 3.05) is 14.2 Å². The molecule has 0 amide bonds. The normalized spacial score (nSPS) is 10.9. The number of methoxy groups -OCH3 is 2. The average molecular weight is 431 g/mol. The van der Waals surface area contributed by atoms with Crippen LogP contribution in [0.3, 0.4) is 0 Å². The Morgan fingerprint density at radius 2 is 1.72 bits per heavy atom. The van der Waals surface area contributed by atoms with Crippen molar-refractivity contribution in [2.45, 2.75) is 13.5 Å². The van der Waals surface area contributed by atoms with E-state index in [9.17, 15) is 9.18 Å². The van der Waals surface area contributed by atoms with Gasteiger partial charge in [-0.25, -0.2) is 9.18 Å². The van der Waals surface area contributed by atoms with Crippen LogP contribution < -0.4 is 0 Å². The summed E-state index contributed by atoms with van der Waals surface area (Å²) in [6.07, 6.45) is 0. The lowest BCUT2D eigenvalue weighted by molar-refractivity contribution is 0.0595. The molecule has 0 atom stereocenters. The molecule has 0 aliphatic carbocycles. The van der Waals surface area contributed by atoms with Crippen molar-refractivity contribution in [3.05, 3.63) is 89.2 Å². The second-order valence-electron chi connectivity index (χ2n) is 7.33. The molecule has 0 radical (unpaired) electrons. The number of carbonyl (C=O) groups is 1. The number of benzene rings is 3. The molecule has 0 fully saturated rings. The minimum Gasteiger partial charge on any atom is -0.465 e. The number of carbonyl (C=O) groups excluding carboxylic acids is 1. The van der Waals surface area contributed by atoms with Crippen molar-refractivity contribution < 1.29 is 23.2 Å². The minimum absolute atomic E-state index is 0.130. The lowest BCUT2D eigenvalue weighted by Crippen LogP contribution is -2.04. The first-order valence-electron chi connectivity index (χ1n) is 10.1. The molecular formula is C26H22FNO4. The average Bonchev–Trinajstić information content (AvgIpc) is 3.30. The van der Waals surface area contributed by atoms with E-state index in [1.165, 1.54) is 19.2 Å². The summed E-state index contributed by atoms with van der Waals surface area (Å²) in [5.74, 6) is -0.859. The number of esters is 1. The molecule has 0 aliphatic heterocycles. The summed E-state index contributed by atoms with van der Waals surface area (Å²) in [6.45, 7) is 2.46. The summed E-state index contributed by atoms with van der Waals surface area (Å²) in [6, 6.07) is 20.1. The molecule has 0 saturated carbocycles. The molecule has 3 aromatic carbocycles. The second kappa shape index (κ2) is 9.16. The van der Waals surface area contributed by atoms with Gasteiger partial charge in [-0.2, -0.15) is 0 Å². The zero-order valence-electron chi connectivity index (χ0n) is 18.0. The molecule has 0 aliphatic rings. The maximum Gasteiger partial charge on any atom is 0.340 e. The fraction of sp³-hybridized carbons (Fsp3) is 0.154. The van der Waals surface area contributed by atoms with Gasteiger partial charge in [0.2, 0.25) is 0 Å². The first kappa shape index (κ1) is 21.5. The molecular weight excluding hydrogens is 409 g/mol. The molecule has 0 bridgehead atoms. The summed E-state index contributed by atoms with van der Waals surface area (Å²) in [5, 5.41) is 4.11. The van der Waals surface area contributed by atoms with Gasteiger partial charge >= 0.3 is 5.97 Å². The Morgan fingerprint density at radius 3 is 2.41 bits per heavy atom. The number of hydrogen-bond acceptors (Lipinski definition) is 5. The molecule has 1 heterocycles. The number of halogens is 1. The van der Waals surface area contributed by atoms with Crippen LogP contribution in [0.1, 0.15) is 21.5 Å². The van der Waals surface area contributed by atoms with Crippen molar-refractivity contribution in [3.63, 3.8) is 0 Å². The predicted molar refractivity (Wildman–Crippen MR) is 120 cm³/mol. The fourth-order valence-electron chi connectivity index (χ4n) is 3.74. The summed E-state index contributed by atoms with van der Waals surface area (Å²) in [5.41, 5.74) is 5.99. The van der Waals surface area contributed by atoms with Crippen molar-refractivity contribution in [1.29, 1.82) is 0 Å². The van der Waals surface area contributed by atoms with Crippen LogP contribution in [0.25, 0.3) is 33.7 Å². The number of aromatic nitrogens is 1. The van der Waals surface area contributed by atoms with E-state index < -0.39 is 11.8 Å². The fourth-order valence-corrected chi connectivity index (χ4v) is 3.74. The van der Waals surface area contributed by atoms with Gasteiger partial charge in [-0.3, -0.25) is 0 Å². The van der Waals surface area contributed by atoms with Crippen molar-refractivity contribution in [1.82, 2.24) is 5.16 Å². The van der Waals surface area contributed by atoms with Gasteiger partial charge in [-0.15, -0.1) is 0 Å². The lowest BCUT2D eigenvalue weighted by Gasteiger charge is -2.15. The van der Waals surface area contributed by atoms with Gasteiger partial charge in [0.05, 0.1) is 19.3 Å². The molecule has 0 unspecified atom stereocenters. The van der Waals surface area contributed by atoms with Crippen LogP contribution in [-0.2, 0) is 16.1 Å². The predicted octanol–water partition coefficient (Wildman–Crippen LogP) is 6.06. The summed E-state index contributed by atoms with van der Waals surface area (Å²) in [4.78, 5) is 11.6. The Bertz CT molecular complexity index is 1260.